The van der Waals surface area contributed by atoms with E-state index in [1.807, 2.05) is 6.92 Å². The predicted molar refractivity (Wildman–Crippen MR) is 93.2 cm³/mol. The molecule has 0 radical (unpaired) electrons. The maximum absolute atomic E-state index is 12.8. The number of ether oxygens (including phenoxy) is 2. The Morgan fingerprint density at radius 2 is 1.88 bits per heavy atom. The Hall–Kier alpha value is -1.06. The number of fused-ring (bicyclic) bond motifs is 1. The smallest absolute Gasteiger partial charge is 0.312 e. The Morgan fingerprint density at radius 1 is 1.25 bits per heavy atom. The number of carbonyl (C=O) groups is 2. The molecular weight excluding hydrogens is 304 g/mol. The van der Waals surface area contributed by atoms with Crippen LogP contribution in [0, 0.1) is 34.5 Å². The van der Waals surface area contributed by atoms with Gasteiger partial charge in [-0.25, -0.2) is 0 Å². The molecule has 2 aliphatic rings. The number of esters is 2. The molecule has 0 N–H and O–H groups in total. The summed E-state index contributed by atoms with van der Waals surface area (Å²) in [6.45, 7) is 14.9. The first-order valence-corrected chi connectivity index (χ1v) is 9.32. The van der Waals surface area contributed by atoms with E-state index in [1.165, 1.54) is 0 Å². The molecule has 4 nitrogen and oxygen atoms in total. The summed E-state index contributed by atoms with van der Waals surface area (Å²) in [4.78, 5) is 24.8. The number of hydrogen-bond acceptors (Lipinski definition) is 4. The van der Waals surface area contributed by atoms with Crippen molar-refractivity contribution >= 4 is 11.9 Å². The molecule has 1 saturated heterocycles. The van der Waals surface area contributed by atoms with Crippen LogP contribution in [-0.2, 0) is 19.1 Å². The van der Waals surface area contributed by atoms with Crippen LogP contribution in [0.25, 0.3) is 0 Å². The van der Waals surface area contributed by atoms with Crippen molar-refractivity contribution in [2.24, 2.45) is 34.5 Å². The van der Waals surface area contributed by atoms with Crippen LogP contribution in [0.4, 0.5) is 0 Å². The number of rotatable bonds is 5. The maximum Gasteiger partial charge on any atom is 0.312 e. The predicted octanol–water partition coefficient (Wildman–Crippen LogP) is 4.22. The summed E-state index contributed by atoms with van der Waals surface area (Å²) in [6.07, 6.45) is 2.40. The Morgan fingerprint density at radius 3 is 2.42 bits per heavy atom. The Labute approximate surface area is 146 Å². The molecule has 0 bridgehead atoms. The third kappa shape index (κ3) is 3.94. The zero-order valence-corrected chi connectivity index (χ0v) is 16.3. The normalized spacial score (nSPS) is 32.4. The molecule has 2 rings (SSSR count). The SMILES string of the molecule is CC1CC2C(=O)OC(COC(=O)C(C)(CC(C)(C)C)C(C)C)C2C1. The maximum atomic E-state index is 12.8. The first-order valence-electron chi connectivity index (χ1n) is 9.32. The van der Waals surface area contributed by atoms with Crippen molar-refractivity contribution in [2.45, 2.75) is 73.8 Å². The van der Waals surface area contributed by atoms with Gasteiger partial charge in [-0.3, -0.25) is 9.59 Å². The fraction of sp³-hybridized carbons (Fsp3) is 0.900. The first kappa shape index (κ1) is 19.3. The highest BCUT2D eigenvalue weighted by Crippen LogP contribution is 2.45. The van der Waals surface area contributed by atoms with Crippen LogP contribution in [0.5, 0.6) is 0 Å². The lowest BCUT2D eigenvalue weighted by Crippen LogP contribution is -2.40. The lowest BCUT2D eigenvalue weighted by Gasteiger charge is -2.37. The third-order valence-electron chi connectivity index (χ3n) is 5.91. The minimum absolute atomic E-state index is 0.00904. The van der Waals surface area contributed by atoms with E-state index in [0.717, 1.165) is 19.3 Å². The van der Waals surface area contributed by atoms with Gasteiger partial charge >= 0.3 is 11.9 Å². The second kappa shape index (κ2) is 6.68. The van der Waals surface area contributed by atoms with Gasteiger partial charge in [0.2, 0.25) is 0 Å². The summed E-state index contributed by atoms with van der Waals surface area (Å²) in [7, 11) is 0. The molecule has 24 heavy (non-hydrogen) atoms. The van der Waals surface area contributed by atoms with Crippen molar-refractivity contribution in [3.8, 4) is 0 Å². The number of carbonyl (C=O) groups excluding carboxylic acids is 2. The van der Waals surface area contributed by atoms with E-state index in [0.29, 0.717) is 5.92 Å². The molecule has 0 aromatic rings. The summed E-state index contributed by atoms with van der Waals surface area (Å²) >= 11 is 0. The first-order chi connectivity index (χ1) is 10.9. The van der Waals surface area contributed by atoms with Crippen LogP contribution in [-0.4, -0.2) is 24.6 Å². The molecule has 0 aromatic carbocycles. The summed E-state index contributed by atoms with van der Waals surface area (Å²) < 4.78 is 11.2. The summed E-state index contributed by atoms with van der Waals surface area (Å²) in [5.41, 5.74) is -0.479. The van der Waals surface area contributed by atoms with E-state index in [2.05, 4.69) is 41.5 Å². The second-order valence-corrected chi connectivity index (χ2v) is 9.73. The molecule has 5 atom stereocenters. The molecular formula is C20H34O4. The standard InChI is InChI=1S/C20H34O4/c1-12(2)20(7,11-19(4,5)6)18(22)23-10-16-14-8-13(3)9-15(14)17(21)24-16/h12-16H,8-11H2,1-7H3. The van der Waals surface area contributed by atoms with Gasteiger partial charge in [0, 0.05) is 5.92 Å². The molecule has 138 valence electrons. The van der Waals surface area contributed by atoms with Crippen molar-refractivity contribution in [1.82, 2.24) is 0 Å². The van der Waals surface area contributed by atoms with Gasteiger partial charge < -0.3 is 9.47 Å². The van der Waals surface area contributed by atoms with E-state index >= 15 is 0 Å². The highest BCUT2D eigenvalue weighted by molar-refractivity contribution is 5.77. The van der Waals surface area contributed by atoms with E-state index < -0.39 is 5.41 Å². The van der Waals surface area contributed by atoms with Crippen molar-refractivity contribution in [3.05, 3.63) is 0 Å². The fourth-order valence-electron chi connectivity index (χ4n) is 4.43. The highest BCUT2D eigenvalue weighted by atomic mass is 16.6. The van der Waals surface area contributed by atoms with Gasteiger partial charge in [-0.2, -0.15) is 0 Å². The molecule has 1 aliphatic carbocycles. The minimum Gasteiger partial charge on any atom is -0.461 e. The molecule has 0 amide bonds. The second-order valence-electron chi connectivity index (χ2n) is 9.73. The molecule has 1 aliphatic heterocycles. The number of cyclic esters (lactones) is 1. The molecule has 2 fully saturated rings. The average Bonchev–Trinajstić information content (AvgIpc) is 2.93. The zero-order chi connectivity index (χ0) is 18.3. The Kier molecular flexibility index (Phi) is 5.37. The summed E-state index contributed by atoms with van der Waals surface area (Å²) in [5, 5.41) is 0. The number of hydrogen-bond donors (Lipinski definition) is 0. The monoisotopic (exact) mass is 338 g/mol. The fourth-order valence-corrected chi connectivity index (χ4v) is 4.43. The van der Waals surface area contributed by atoms with Crippen molar-refractivity contribution in [1.29, 1.82) is 0 Å². The topological polar surface area (TPSA) is 52.6 Å². The van der Waals surface area contributed by atoms with Crippen molar-refractivity contribution < 1.29 is 19.1 Å². The van der Waals surface area contributed by atoms with Gasteiger partial charge in [-0.15, -0.1) is 0 Å². The zero-order valence-electron chi connectivity index (χ0n) is 16.3. The summed E-state index contributed by atoms with van der Waals surface area (Å²) in [5.74, 6) is 0.690. The van der Waals surface area contributed by atoms with E-state index in [4.69, 9.17) is 9.47 Å². The lowest BCUT2D eigenvalue weighted by molar-refractivity contribution is -0.166. The van der Waals surface area contributed by atoms with Gasteiger partial charge in [-0.05, 0) is 43.4 Å². The van der Waals surface area contributed by atoms with Crippen LogP contribution in [0.15, 0.2) is 0 Å². The third-order valence-corrected chi connectivity index (χ3v) is 5.91. The lowest BCUT2D eigenvalue weighted by atomic mass is 9.69. The van der Waals surface area contributed by atoms with Gasteiger partial charge in [-0.1, -0.05) is 41.5 Å². The molecule has 1 saturated carbocycles. The molecule has 0 spiro atoms. The van der Waals surface area contributed by atoms with Crippen LogP contribution in [0.1, 0.15) is 67.7 Å². The minimum atomic E-state index is -0.525. The van der Waals surface area contributed by atoms with Crippen LogP contribution < -0.4 is 0 Å². The van der Waals surface area contributed by atoms with Crippen LogP contribution in [0.3, 0.4) is 0 Å². The van der Waals surface area contributed by atoms with E-state index in [-0.39, 0.29) is 47.8 Å². The Balaban J connectivity index is 2.00. The molecule has 5 unspecified atom stereocenters. The summed E-state index contributed by atoms with van der Waals surface area (Å²) in [6, 6.07) is 0. The van der Waals surface area contributed by atoms with Gasteiger partial charge in [0.1, 0.15) is 12.7 Å². The van der Waals surface area contributed by atoms with E-state index in [1.54, 1.807) is 0 Å². The van der Waals surface area contributed by atoms with Crippen molar-refractivity contribution in [2.75, 3.05) is 6.61 Å². The Bertz CT molecular complexity index is 490. The highest BCUT2D eigenvalue weighted by Gasteiger charge is 2.50. The quantitative estimate of drug-likeness (QED) is 0.704. The van der Waals surface area contributed by atoms with Gasteiger partial charge in [0.25, 0.3) is 0 Å². The van der Waals surface area contributed by atoms with Gasteiger partial charge in [0.15, 0.2) is 0 Å². The van der Waals surface area contributed by atoms with Crippen LogP contribution >= 0.6 is 0 Å². The average molecular weight is 338 g/mol. The molecule has 4 heteroatoms. The van der Waals surface area contributed by atoms with E-state index in [9.17, 15) is 9.59 Å². The molecule has 0 aromatic heterocycles. The van der Waals surface area contributed by atoms with Crippen molar-refractivity contribution in [3.63, 3.8) is 0 Å². The largest absolute Gasteiger partial charge is 0.461 e. The van der Waals surface area contributed by atoms with Gasteiger partial charge in [0.05, 0.1) is 11.3 Å². The van der Waals surface area contributed by atoms with Crippen LogP contribution in [0.2, 0.25) is 0 Å². The molecule has 1 heterocycles.